The first-order valence-corrected chi connectivity index (χ1v) is 5.50. The van der Waals surface area contributed by atoms with Gasteiger partial charge < -0.3 is 5.32 Å². The molecule has 0 aliphatic rings. The molecule has 86 valence electrons. The van der Waals surface area contributed by atoms with Crippen molar-refractivity contribution in [3.8, 4) is 0 Å². The molecule has 0 aliphatic carbocycles. The van der Waals surface area contributed by atoms with Gasteiger partial charge in [-0.25, -0.2) is 4.39 Å². The highest BCUT2D eigenvalue weighted by molar-refractivity contribution is 6.31. The number of nitrogens with one attached hydrogen (secondary N) is 1. The van der Waals surface area contributed by atoms with Gasteiger partial charge in [0.1, 0.15) is 5.82 Å². The topological polar surface area (TPSA) is 29.1 Å². The highest BCUT2D eigenvalue weighted by Crippen LogP contribution is 2.14. The van der Waals surface area contributed by atoms with E-state index in [1.54, 1.807) is 12.2 Å². The zero-order valence-corrected chi connectivity index (χ0v) is 9.85. The Bertz CT molecular complexity index is 407. The molecule has 0 radical (unpaired) electrons. The Labute approximate surface area is 103 Å². The van der Waals surface area contributed by atoms with Crippen molar-refractivity contribution in [2.45, 2.75) is 0 Å². The predicted octanol–water partition coefficient (Wildman–Crippen LogP) is 3.00. The summed E-state index contributed by atoms with van der Waals surface area (Å²) in [5.41, 5.74) is -0.0632. The molecular formula is C11H10Cl2FNO. The van der Waals surface area contributed by atoms with Gasteiger partial charge in [-0.1, -0.05) is 23.8 Å². The monoisotopic (exact) mass is 261 g/mol. The third-order valence-electron chi connectivity index (χ3n) is 1.81. The fourth-order valence-corrected chi connectivity index (χ4v) is 1.36. The molecule has 0 bridgehead atoms. The van der Waals surface area contributed by atoms with Crippen LogP contribution in [-0.2, 0) is 0 Å². The molecule has 0 atom stereocenters. The van der Waals surface area contributed by atoms with Crippen molar-refractivity contribution in [1.82, 2.24) is 5.32 Å². The predicted molar refractivity (Wildman–Crippen MR) is 63.6 cm³/mol. The Kier molecular flexibility index (Phi) is 5.29. The van der Waals surface area contributed by atoms with Crippen LogP contribution in [0.3, 0.4) is 0 Å². The lowest BCUT2D eigenvalue weighted by atomic mass is 10.2. The lowest BCUT2D eigenvalue weighted by Crippen LogP contribution is -2.24. The van der Waals surface area contributed by atoms with Crippen LogP contribution in [-0.4, -0.2) is 18.3 Å². The molecule has 0 heterocycles. The standard InChI is InChI=1S/C11H10Cl2FNO/c12-5-1-2-6-15-11(16)9-7-8(13)3-4-10(9)14/h1-4,7H,5-6H2,(H,15,16)/b2-1+. The van der Waals surface area contributed by atoms with Crippen molar-refractivity contribution in [2.75, 3.05) is 12.4 Å². The van der Waals surface area contributed by atoms with E-state index in [2.05, 4.69) is 5.32 Å². The molecule has 1 amide bonds. The SMILES string of the molecule is O=C(NC/C=C/CCl)c1cc(Cl)ccc1F. The maximum atomic E-state index is 13.2. The molecule has 0 spiro atoms. The average molecular weight is 262 g/mol. The van der Waals surface area contributed by atoms with Gasteiger partial charge in [0.05, 0.1) is 5.56 Å². The molecule has 2 nitrogen and oxygen atoms in total. The summed E-state index contributed by atoms with van der Waals surface area (Å²) in [4.78, 5) is 11.5. The minimum Gasteiger partial charge on any atom is -0.348 e. The molecule has 1 aromatic carbocycles. The zero-order chi connectivity index (χ0) is 12.0. The Morgan fingerprint density at radius 3 is 2.88 bits per heavy atom. The normalized spacial score (nSPS) is 10.7. The van der Waals surface area contributed by atoms with Gasteiger partial charge >= 0.3 is 0 Å². The molecule has 0 unspecified atom stereocenters. The molecule has 1 N–H and O–H groups in total. The van der Waals surface area contributed by atoms with Crippen molar-refractivity contribution >= 4 is 29.1 Å². The lowest BCUT2D eigenvalue weighted by molar-refractivity contribution is 0.0954. The van der Waals surface area contributed by atoms with Crippen LogP contribution in [0.5, 0.6) is 0 Å². The van der Waals surface area contributed by atoms with E-state index < -0.39 is 11.7 Å². The smallest absolute Gasteiger partial charge is 0.254 e. The van der Waals surface area contributed by atoms with E-state index in [0.717, 1.165) is 6.07 Å². The molecule has 0 saturated heterocycles. The minimum atomic E-state index is -0.594. The fraction of sp³-hybridized carbons (Fsp3) is 0.182. The second-order valence-electron chi connectivity index (χ2n) is 2.96. The summed E-state index contributed by atoms with van der Waals surface area (Å²) in [6.45, 7) is 0.303. The van der Waals surface area contributed by atoms with Gasteiger partial charge in [0.2, 0.25) is 0 Å². The number of halogens is 3. The van der Waals surface area contributed by atoms with E-state index in [1.165, 1.54) is 12.1 Å². The molecular weight excluding hydrogens is 252 g/mol. The number of benzene rings is 1. The molecule has 16 heavy (non-hydrogen) atoms. The van der Waals surface area contributed by atoms with Crippen LogP contribution in [0, 0.1) is 5.82 Å². The highest BCUT2D eigenvalue weighted by atomic mass is 35.5. The summed E-state index contributed by atoms with van der Waals surface area (Å²) in [5, 5.41) is 2.84. The number of carbonyl (C=O) groups excluding carboxylic acids is 1. The maximum Gasteiger partial charge on any atom is 0.254 e. The third kappa shape index (κ3) is 3.83. The van der Waals surface area contributed by atoms with E-state index in [1.807, 2.05) is 0 Å². The molecule has 5 heteroatoms. The summed E-state index contributed by atoms with van der Waals surface area (Å²) < 4.78 is 13.2. The van der Waals surface area contributed by atoms with Crippen LogP contribution in [0.15, 0.2) is 30.4 Å². The largest absolute Gasteiger partial charge is 0.348 e. The van der Waals surface area contributed by atoms with Crippen molar-refractivity contribution in [3.63, 3.8) is 0 Å². The minimum absolute atomic E-state index is 0.0632. The summed E-state index contributed by atoms with van der Waals surface area (Å²) in [6, 6.07) is 3.84. The second-order valence-corrected chi connectivity index (χ2v) is 3.70. The molecule has 1 rings (SSSR count). The van der Waals surface area contributed by atoms with Gasteiger partial charge in [-0.15, -0.1) is 11.6 Å². The van der Waals surface area contributed by atoms with Crippen molar-refractivity contribution in [2.24, 2.45) is 0 Å². The second kappa shape index (κ2) is 6.51. The quantitative estimate of drug-likeness (QED) is 0.655. The van der Waals surface area contributed by atoms with E-state index >= 15 is 0 Å². The van der Waals surface area contributed by atoms with Crippen LogP contribution >= 0.6 is 23.2 Å². The van der Waals surface area contributed by atoms with Crippen molar-refractivity contribution in [1.29, 1.82) is 0 Å². The number of amides is 1. The van der Waals surface area contributed by atoms with E-state index in [-0.39, 0.29) is 5.56 Å². The summed E-state index contributed by atoms with van der Waals surface area (Å²) >= 11 is 11.1. The van der Waals surface area contributed by atoms with Gasteiger partial charge in [-0.05, 0) is 18.2 Å². The van der Waals surface area contributed by atoms with Gasteiger partial charge in [-0.3, -0.25) is 4.79 Å². The fourth-order valence-electron chi connectivity index (χ4n) is 1.06. The van der Waals surface area contributed by atoms with Crippen molar-refractivity contribution in [3.05, 3.63) is 46.8 Å². The Morgan fingerprint density at radius 2 is 2.19 bits per heavy atom. The molecule has 0 aromatic heterocycles. The Morgan fingerprint density at radius 1 is 1.44 bits per heavy atom. The van der Waals surface area contributed by atoms with Crippen LogP contribution in [0.2, 0.25) is 5.02 Å². The van der Waals surface area contributed by atoms with Crippen molar-refractivity contribution < 1.29 is 9.18 Å². The number of hydrogen-bond donors (Lipinski definition) is 1. The molecule has 0 fully saturated rings. The zero-order valence-electron chi connectivity index (χ0n) is 8.34. The van der Waals surface area contributed by atoms with Gasteiger partial charge in [-0.2, -0.15) is 0 Å². The van der Waals surface area contributed by atoms with E-state index in [9.17, 15) is 9.18 Å². The van der Waals surface area contributed by atoms with E-state index in [4.69, 9.17) is 23.2 Å². The first-order valence-electron chi connectivity index (χ1n) is 4.59. The first kappa shape index (κ1) is 13.0. The Balaban J connectivity index is 2.65. The van der Waals surface area contributed by atoms with E-state index in [0.29, 0.717) is 17.4 Å². The van der Waals surface area contributed by atoms with Gasteiger partial charge in [0.15, 0.2) is 0 Å². The lowest BCUT2D eigenvalue weighted by Gasteiger charge is -2.03. The number of allylic oxidation sites excluding steroid dienone is 1. The number of rotatable bonds is 4. The molecule has 0 aliphatic heterocycles. The average Bonchev–Trinajstić information content (AvgIpc) is 2.27. The number of alkyl halides is 1. The summed E-state index contributed by atoms with van der Waals surface area (Å²) in [7, 11) is 0. The van der Waals surface area contributed by atoms with Crippen LogP contribution in [0.4, 0.5) is 4.39 Å². The molecule has 1 aromatic rings. The van der Waals surface area contributed by atoms with Crippen LogP contribution < -0.4 is 5.32 Å². The third-order valence-corrected chi connectivity index (χ3v) is 2.22. The van der Waals surface area contributed by atoms with Crippen LogP contribution in [0.1, 0.15) is 10.4 Å². The summed E-state index contributed by atoms with van der Waals surface area (Å²) in [6.07, 6.45) is 3.38. The maximum absolute atomic E-state index is 13.2. The van der Waals surface area contributed by atoms with Crippen LogP contribution in [0.25, 0.3) is 0 Å². The van der Waals surface area contributed by atoms with Gasteiger partial charge in [0, 0.05) is 17.4 Å². The first-order chi connectivity index (χ1) is 7.65. The number of hydrogen-bond acceptors (Lipinski definition) is 1. The van der Waals surface area contributed by atoms with Gasteiger partial charge in [0.25, 0.3) is 5.91 Å². The highest BCUT2D eigenvalue weighted by Gasteiger charge is 2.10. The summed E-state index contributed by atoms with van der Waals surface area (Å²) in [5.74, 6) is -0.719. The number of carbonyl (C=O) groups is 1. The Hall–Kier alpha value is -1.06. The molecule has 0 saturated carbocycles.